The summed E-state index contributed by atoms with van der Waals surface area (Å²) in [6, 6.07) is 3.51. The number of hydrogen-bond acceptors (Lipinski definition) is 3. The van der Waals surface area contributed by atoms with Crippen LogP contribution in [0.25, 0.3) is 0 Å². The first-order valence-electron chi connectivity index (χ1n) is 2.81. The molecule has 1 aromatic heterocycles. The van der Waals surface area contributed by atoms with Crippen molar-refractivity contribution in [3.63, 3.8) is 0 Å². The van der Waals surface area contributed by atoms with Crippen molar-refractivity contribution in [3.8, 4) is 0 Å². The molecule has 52 valence electrons. The number of rotatable bonds is 2. The summed E-state index contributed by atoms with van der Waals surface area (Å²) in [4.78, 5) is 13.8. The molecule has 0 N–H and O–H groups in total. The van der Waals surface area contributed by atoms with E-state index in [-0.39, 0.29) is 0 Å². The molecule has 0 unspecified atom stereocenters. The molecule has 1 aromatic rings. The summed E-state index contributed by atoms with van der Waals surface area (Å²) in [7, 11) is 1.57. The van der Waals surface area contributed by atoms with E-state index in [0.717, 1.165) is 0 Å². The lowest BCUT2D eigenvalue weighted by molar-refractivity contribution is 0.995. The maximum atomic E-state index is 9.95. The molecule has 0 saturated carbocycles. The van der Waals surface area contributed by atoms with E-state index in [1.165, 1.54) is 5.01 Å². The highest BCUT2D eigenvalue weighted by molar-refractivity contribution is 5.40. The highest BCUT2D eigenvalue weighted by atomic mass is 16.3. The van der Waals surface area contributed by atoms with E-state index in [4.69, 9.17) is 0 Å². The van der Waals surface area contributed by atoms with Crippen molar-refractivity contribution in [2.24, 2.45) is 5.29 Å². The molecule has 10 heavy (non-hydrogen) atoms. The molecule has 1 heterocycles. The Morgan fingerprint density at radius 3 is 3.00 bits per heavy atom. The Labute approximate surface area is 58.4 Å². The van der Waals surface area contributed by atoms with Crippen LogP contribution in [0.5, 0.6) is 0 Å². The van der Waals surface area contributed by atoms with Gasteiger partial charge in [0.25, 0.3) is 0 Å². The summed E-state index contributed by atoms with van der Waals surface area (Å²) in [5.74, 6) is 0. The first-order valence-corrected chi connectivity index (χ1v) is 2.81. The SMILES string of the molecule is CN(N=O)c1cccnc1. The average molecular weight is 137 g/mol. The molecule has 0 bridgehead atoms. The Morgan fingerprint density at radius 1 is 1.70 bits per heavy atom. The van der Waals surface area contributed by atoms with Gasteiger partial charge in [0.05, 0.1) is 17.2 Å². The fraction of sp³-hybridized carbons (Fsp3) is 0.167. The standard InChI is InChI=1S/C6H7N3O/c1-9(8-10)6-3-2-4-7-5-6/h2-5H,1H3. The van der Waals surface area contributed by atoms with Gasteiger partial charge in [-0.05, 0) is 12.1 Å². The third-order valence-corrected chi connectivity index (χ3v) is 1.14. The van der Waals surface area contributed by atoms with Crippen molar-refractivity contribution in [2.45, 2.75) is 0 Å². The van der Waals surface area contributed by atoms with Crippen molar-refractivity contribution >= 4 is 5.69 Å². The average Bonchev–Trinajstić information content (AvgIpc) is 2.05. The molecule has 0 atom stereocenters. The Balaban J connectivity index is 2.84. The van der Waals surface area contributed by atoms with Crippen molar-refractivity contribution in [3.05, 3.63) is 29.4 Å². The normalized spacial score (nSPS) is 8.90. The van der Waals surface area contributed by atoms with Gasteiger partial charge in [0.15, 0.2) is 0 Å². The minimum atomic E-state index is 0.692. The molecule has 0 spiro atoms. The number of aromatic nitrogens is 1. The second-order valence-electron chi connectivity index (χ2n) is 1.82. The molecule has 0 aliphatic heterocycles. The lowest BCUT2D eigenvalue weighted by atomic mass is 10.4. The maximum absolute atomic E-state index is 9.95. The molecular formula is C6H7N3O. The van der Waals surface area contributed by atoms with Crippen LogP contribution in [0, 0.1) is 4.91 Å². The van der Waals surface area contributed by atoms with Gasteiger partial charge >= 0.3 is 0 Å². The van der Waals surface area contributed by atoms with Crippen molar-refractivity contribution in [1.29, 1.82) is 0 Å². The van der Waals surface area contributed by atoms with Gasteiger partial charge in [0.1, 0.15) is 0 Å². The summed E-state index contributed by atoms with van der Waals surface area (Å²) >= 11 is 0. The van der Waals surface area contributed by atoms with Crippen molar-refractivity contribution in [1.82, 2.24) is 4.98 Å². The molecule has 0 fully saturated rings. The van der Waals surface area contributed by atoms with E-state index >= 15 is 0 Å². The van der Waals surface area contributed by atoms with Gasteiger partial charge in [-0.3, -0.25) is 4.98 Å². The predicted molar refractivity (Wildman–Crippen MR) is 38.4 cm³/mol. The molecule has 4 nitrogen and oxygen atoms in total. The maximum Gasteiger partial charge on any atom is 0.0806 e. The number of hydrogen-bond donors (Lipinski definition) is 0. The third kappa shape index (κ3) is 1.28. The van der Waals surface area contributed by atoms with Crippen LogP contribution in [0.3, 0.4) is 0 Å². The van der Waals surface area contributed by atoms with Crippen LogP contribution in [0.4, 0.5) is 5.69 Å². The van der Waals surface area contributed by atoms with Crippen LogP contribution in [-0.2, 0) is 0 Å². The molecule has 0 aliphatic carbocycles. The number of pyridine rings is 1. The zero-order chi connectivity index (χ0) is 7.40. The first kappa shape index (κ1) is 6.67. The van der Waals surface area contributed by atoms with E-state index in [1.807, 2.05) is 0 Å². The van der Waals surface area contributed by atoms with Gasteiger partial charge in [-0.1, -0.05) is 0 Å². The van der Waals surface area contributed by atoms with Gasteiger partial charge in [-0.25, -0.2) is 5.01 Å². The van der Waals surface area contributed by atoms with E-state index in [0.29, 0.717) is 5.69 Å². The summed E-state index contributed by atoms with van der Waals surface area (Å²) in [5, 5.41) is 3.92. The van der Waals surface area contributed by atoms with E-state index < -0.39 is 0 Å². The van der Waals surface area contributed by atoms with E-state index in [9.17, 15) is 4.91 Å². The minimum Gasteiger partial charge on any atom is -0.262 e. The largest absolute Gasteiger partial charge is 0.262 e. The van der Waals surface area contributed by atoms with Gasteiger partial charge in [-0.2, -0.15) is 0 Å². The predicted octanol–water partition coefficient (Wildman–Crippen LogP) is 1.20. The van der Waals surface area contributed by atoms with Gasteiger partial charge < -0.3 is 0 Å². The van der Waals surface area contributed by atoms with Crippen LogP contribution in [-0.4, -0.2) is 12.0 Å². The highest BCUT2D eigenvalue weighted by Crippen LogP contribution is 2.07. The lowest BCUT2D eigenvalue weighted by Gasteiger charge is -2.05. The topological polar surface area (TPSA) is 45.6 Å². The highest BCUT2D eigenvalue weighted by Gasteiger charge is 1.95. The quantitative estimate of drug-likeness (QED) is 0.454. The lowest BCUT2D eigenvalue weighted by Crippen LogP contribution is -2.06. The second kappa shape index (κ2) is 2.91. The van der Waals surface area contributed by atoms with Crippen LogP contribution in [0.2, 0.25) is 0 Å². The number of nitroso groups, excluding NO2 is 1. The molecule has 0 saturated heterocycles. The molecular weight excluding hydrogens is 130 g/mol. The number of anilines is 1. The van der Waals surface area contributed by atoms with E-state index in [2.05, 4.69) is 10.3 Å². The smallest absolute Gasteiger partial charge is 0.0806 e. The second-order valence-corrected chi connectivity index (χ2v) is 1.82. The van der Waals surface area contributed by atoms with Crippen molar-refractivity contribution in [2.75, 3.05) is 12.1 Å². The Morgan fingerprint density at radius 2 is 2.50 bits per heavy atom. The van der Waals surface area contributed by atoms with Gasteiger partial charge in [0, 0.05) is 13.2 Å². The molecule has 0 aromatic carbocycles. The zero-order valence-corrected chi connectivity index (χ0v) is 5.56. The minimum absolute atomic E-state index is 0.692. The molecule has 4 heteroatoms. The Bertz CT molecular complexity index is 211. The van der Waals surface area contributed by atoms with Gasteiger partial charge in [0.2, 0.25) is 0 Å². The first-order chi connectivity index (χ1) is 4.84. The summed E-state index contributed by atoms with van der Waals surface area (Å²) in [6.45, 7) is 0. The molecule has 0 aliphatic rings. The Hall–Kier alpha value is -1.45. The van der Waals surface area contributed by atoms with Crippen LogP contribution in [0.1, 0.15) is 0 Å². The fourth-order valence-electron chi connectivity index (χ4n) is 0.592. The Kier molecular flexibility index (Phi) is 1.94. The number of nitrogens with zero attached hydrogens (tertiary/aromatic N) is 3. The van der Waals surface area contributed by atoms with Crippen LogP contribution >= 0.6 is 0 Å². The fourth-order valence-corrected chi connectivity index (χ4v) is 0.592. The van der Waals surface area contributed by atoms with Crippen LogP contribution < -0.4 is 5.01 Å². The zero-order valence-electron chi connectivity index (χ0n) is 5.56. The summed E-state index contributed by atoms with van der Waals surface area (Å²) in [6.07, 6.45) is 3.21. The van der Waals surface area contributed by atoms with Crippen LogP contribution in [0.15, 0.2) is 29.8 Å². The van der Waals surface area contributed by atoms with E-state index in [1.54, 1.807) is 31.6 Å². The molecule has 1 rings (SSSR count). The summed E-state index contributed by atoms with van der Waals surface area (Å²) in [5.41, 5.74) is 0.692. The summed E-state index contributed by atoms with van der Waals surface area (Å²) < 4.78 is 0. The molecule has 0 amide bonds. The molecule has 0 radical (unpaired) electrons. The third-order valence-electron chi connectivity index (χ3n) is 1.14. The van der Waals surface area contributed by atoms with Crippen molar-refractivity contribution < 1.29 is 0 Å². The van der Waals surface area contributed by atoms with Gasteiger partial charge in [-0.15, -0.1) is 4.91 Å². The monoisotopic (exact) mass is 137 g/mol.